The molecule has 0 aliphatic carbocycles. The first-order chi connectivity index (χ1) is 9.73. The summed E-state index contributed by atoms with van der Waals surface area (Å²) in [7, 11) is 0. The average Bonchev–Trinajstić information content (AvgIpc) is 2.93. The summed E-state index contributed by atoms with van der Waals surface area (Å²) in [5.41, 5.74) is 1.53. The molecular formula is C16H28N4. The highest BCUT2D eigenvalue weighted by Crippen LogP contribution is 2.38. The molecule has 2 rings (SSSR count). The fourth-order valence-electron chi connectivity index (χ4n) is 2.98. The lowest BCUT2D eigenvalue weighted by atomic mass is 9.82. The van der Waals surface area contributed by atoms with Gasteiger partial charge in [0.2, 0.25) is 0 Å². The minimum atomic E-state index is 0.484. The minimum absolute atomic E-state index is 0.484. The first-order valence-electron chi connectivity index (χ1n) is 7.99. The molecule has 0 unspecified atom stereocenters. The molecule has 112 valence electrons. The van der Waals surface area contributed by atoms with E-state index < -0.39 is 0 Å². The summed E-state index contributed by atoms with van der Waals surface area (Å²) < 4.78 is 0. The van der Waals surface area contributed by atoms with Crippen molar-refractivity contribution < 1.29 is 0 Å². The molecule has 0 saturated carbocycles. The second kappa shape index (κ2) is 7.02. The smallest absolute Gasteiger partial charge is 0.147 e. The molecule has 0 bridgehead atoms. The highest BCUT2D eigenvalue weighted by Gasteiger charge is 2.35. The molecule has 0 atom stereocenters. The molecule has 20 heavy (non-hydrogen) atoms. The van der Waals surface area contributed by atoms with Crippen molar-refractivity contribution >= 4 is 5.82 Å². The maximum Gasteiger partial charge on any atom is 0.147 e. The van der Waals surface area contributed by atoms with E-state index in [1.165, 1.54) is 19.3 Å². The first-order valence-corrected chi connectivity index (χ1v) is 7.99. The van der Waals surface area contributed by atoms with Crippen molar-refractivity contribution in [3.63, 3.8) is 0 Å². The fraction of sp³-hybridized carbons (Fsp3) is 0.750. The monoisotopic (exact) mass is 276 g/mol. The lowest BCUT2D eigenvalue weighted by Gasteiger charge is -2.26. The molecule has 0 spiro atoms. The van der Waals surface area contributed by atoms with Crippen LogP contribution in [0.25, 0.3) is 0 Å². The fourth-order valence-corrected chi connectivity index (χ4v) is 2.98. The molecule has 2 heterocycles. The van der Waals surface area contributed by atoms with Gasteiger partial charge in [-0.3, -0.25) is 4.98 Å². The van der Waals surface area contributed by atoms with Crippen LogP contribution in [0.5, 0.6) is 0 Å². The van der Waals surface area contributed by atoms with Crippen LogP contribution in [-0.4, -0.2) is 29.6 Å². The van der Waals surface area contributed by atoms with Crippen molar-refractivity contribution in [3.05, 3.63) is 18.1 Å². The normalized spacial score (nSPS) is 17.6. The summed E-state index contributed by atoms with van der Waals surface area (Å²) in [6.07, 6.45) is 8.71. The summed E-state index contributed by atoms with van der Waals surface area (Å²) in [5, 5.41) is 3.39. The number of rotatable bonds is 7. The maximum atomic E-state index is 4.76. The Morgan fingerprint density at radius 2 is 2.05 bits per heavy atom. The topological polar surface area (TPSA) is 41.1 Å². The van der Waals surface area contributed by atoms with Gasteiger partial charge in [0.25, 0.3) is 0 Å². The van der Waals surface area contributed by atoms with Crippen LogP contribution >= 0.6 is 0 Å². The van der Waals surface area contributed by atoms with E-state index in [0.717, 1.165) is 44.1 Å². The Morgan fingerprint density at radius 3 is 2.70 bits per heavy atom. The van der Waals surface area contributed by atoms with Crippen LogP contribution in [0.1, 0.15) is 52.1 Å². The van der Waals surface area contributed by atoms with Gasteiger partial charge < -0.3 is 10.2 Å². The first kappa shape index (κ1) is 15.2. The van der Waals surface area contributed by atoms with E-state index in [4.69, 9.17) is 4.98 Å². The van der Waals surface area contributed by atoms with Crippen LogP contribution in [0.2, 0.25) is 0 Å². The summed E-state index contributed by atoms with van der Waals surface area (Å²) in [4.78, 5) is 11.5. The standard InChI is InChI=1S/C16H28N4/c1-4-8-17-10-14-11-18-12-15(19-14)20-9-7-16(5-2,6-3)13-20/h11-12,17H,4-10,13H2,1-3H3. The van der Waals surface area contributed by atoms with Gasteiger partial charge in [0.15, 0.2) is 0 Å². The Bertz CT molecular complexity index is 415. The van der Waals surface area contributed by atoms with Gasteiger partial charge in [-0.15, -0.1) is 0 Å². The number of hydrogen-bond acceptors (Lipinski definition) is 4. The molecule has 0 amide bonds. The van der Waals surface area contributed by atoms with Gasteiger partial charge in [0.1, 0.15) is 5.82 Å². The largest absolute Gasteiger partial charge is 0.355 e. The van der Waals surface area contributed by atoms with E-state index in [2.05, 4.69) is 36.0 Å². The third-order valence-electron chi connectivity index (χ3n) is 4.67. The molecule has 1 aromatic heterocycles. The zero-order valence-corrected chi connectivity index (χ0v) is 13.2. The molecule has 0 aromatic carbocycles. The van der Waals surface area contributed by atoms with Crippen molar-refractivity contribution in [1.29, 1.82) is 0 Å². The van der Waals surface area contributed by atoms with E-state index >= 15 is 0 Å². The van der Waals surface area contributed by atoms with Crippen molar-refractivity contribution in [2.75, 3.05) is 24.5 Å². The van der Waals surface area contributed by atoms with Gasteiger partial charge in [0, 0.05) is 25.8 Å². The van der Waals surface area contributed by atoms with Crippen LogP contribution in [0.3, 0.4) is 0 Å². The predicted octanol–water partition coefficient (Wildman–Crippen LogP) is 2.99. The van der Waals surface area contributed by atoms with Crippen LogP contribution in [0, 0.1) is 5.41 Å². The zero-order valence-electron chi connectivity index (χ0n) is 13.2. The van der Waals surface area contributed by atoms with Crippen LogP contribution in [0.4, 0.5) is 5.82 Å². The molecule has 0 radical (unpaired) electrons. The van der Waals surface area contributed by atoms with Gasteiger partial charge in [-0.25, -0.2) is 4.98 Å². The summed E-state index contributed by atoms with van der Waals surface area (Å²) in [6.45, 7) is 10.9. The molecule has 4 heteroatoms. The Hall–Kier alpha value is -1.16. The Morgan fingerprint density at radius 1 is 1.25 bits per heavy atom. The van der Waals surface area contributed by atoms with E-state index in [0.29, 0.717) is 5.41 Å². The molecule has 1 N–H and O–H groups in total. The van der Waals surface area contributed by atoms with Crippen molar-refractivity contribution in [3.8, 4) is 0 Å². The molecule has 4 nitrogen and oxygen atoms in total. The summed E-state index contributed by atoms with van der Waals surface area (Å²) in [6, 6.07) is 0. The van der Waals surface area contributed by atoms with Gasteiger partial charge in [-0.2, -0.15) is 0 Å². The predicted molar refractivity (Wildman–Crippen MR) is 83.9 cm³/mol. The van der Waals surface area contributed by atoms with Crippen molar-refractivity contribution in [2.24, 2.45) is 5.41 Å². The van der Waals surface area contributed by atoms with E-state index in [1.54, 1.807) is 0 Å². The van der Waals surface area contributed by atoms with Gasteiger partial charge in [-0.05, 0) is 37.6 Å². The highest BCUT2D eigenvalue weighted by molar-refractivity contribution is 5.38. The van der Waals surface area contributed by atoms with Gasteiger partial charge in [0.05, 0.1) is 11.9 Å². The van der Waals surface area contributed by atoms with E-state index in [1.807, 2.05) is 12.4 Å². The maximum absolute atomic E-state index is 4.76. The zero-order chi connectivity index (χ0) is 14.4. The summed E-state index contributed by atoms with van der Waals surface area (Å²) >= 11 is 0. The average molecular weight is 276 g/mol. The second-order valence-corrected chi connectivity index (χ2v) is 5.92. The Balaban J connectivity index is 2.01. The Kier molecular flexibility index (Phi) is 5.35. The number of hydrogen-bond donors (Lipinski definition) is 1. The minimum Gasteiger partial charge on any atom is -0.355 e. The third kappa shape index (κ3) is 3.48. The summed E-state index contributed by atoms with van der Waals surface area (Å²) in [5.74, 6) is 1.05. The molecule has 1 aromatic rings. The lowest BCUT2D eigenvalue weighted by Crippen LogP contribution is -2.27. The molecule has 1 aliphatic heterocycles. The molecular weight excluding hydrogens is 248 g/mol. The number of aromatic nitrogens is 2. The van der Waals surface area contributed by atoms with E-state index in [9.17, 15) is 0 Å². The Labute approximate surface area is 123 Å². The van der Waals surface area contributed by atoms with Gasteiger partial charge in [-0.1, -0.05) is 20.8 Å². The second-order valence-electron chi connectivity index (χ2n) is 5.92. The molecule has 1 fully saturated rings. The highest BCUT2D eigenvalue weighted by atomic mass is 15.2. The SMILES string of the molecule is CCCNCc1cncc(N2CCC(CC)(CC)C2)n1. The number of anilines is 1. The molecule has 1 aliphatic rings. The molecule has 1 saturated heterocycles. The third-order valence-corrected chi connectivity index (χ3v) is 4.67. The number of nitrogens with zero attached hydrogens (tertiary/aromatic N) is 3. The van der Waals surface area contributed by atoms with Crippen molar-refractivity contribution in [1.82, 2.24) is 15.3 Å². The number of nitrogens with one attached hydrogen (secondary N) is 1. The lowest BCUT2D eigenvalue weighted by molar-refractivity contribution is 0.301. The van der Waals surface area contributed by atoms with Gasteiger partial charge >= 0.3 is 0 Å². The van der Waals surface area contributed by atoms with Crippen LogP contribution in [0.15, 0.2) is 12.4 Å². The quantitative estimate of drug-likeness (QED) is 0.777. The van der Waals surface area contributed by atoms with Crippen LogP contribution < -0.4 is 10.2 Å². The van der Waals surface area contributed by atoms with Crippen LogP contribution in [-0.2, 0) is 6.54 Å². The van der Waals surface area contributed by atoms with E-state index in [-0.39, 0.29) is 0 Å². The van der Waals surface area contributed by atoms with Crippen molar-refractivity contribution in [2.45, 2.75) is 53.0 Å².